The highest BCUT2D eigenvalue weighted by Crippen LogP contribution is 2.29. The Morgan fingerprint density at radius 3 is 2.67 bits per heavy atom. The minimum atomic E-state index is -0.623. The molecule has 3 rings (SSSR count). The molecule has 1 aliphatic heterocycles. The second-order valence-electron chi connectivity index (χ2n) is 7.41. The van der Waals surface area contributed by atoms with Gasteiger partial charge in [0, 0.05) is 42.5 Å². The zero-order valence-corrected chi connectivity index (χ0v) is 17.2. The molecule has 1 N–H and O–H groups in total. The number of carbonyl (C=O) groups is 4. The zero-order valence-electron chi connectivity index (χ0n) is 17.2. The maximum atomic E-state index is 12.8. The predicted octanol–water partition coefficient (Wildman–Crippen LogP) is 2.94. The summed E-state index contributed by atoms with van der Waals surface area (Å²) in [6, 6.07) is 9.88. The Balaban J connectivity index is 1.69. The van der Waals surface area contributed by atoms with E-state index in [1.807, 2.05) is 6.07 Å². The number of pyridine rings is 1. The summed E-state index contributed by atoms with van der Waals surface area (Å²) < 4.78 is 0. The fourth-order valence-electron chi connectivity index (χ4n) is 3.60. The van der Waals surface area contributed by atoms with Crippen molar-refractivity contribution in [3.8, 4) is 0 Å². The normalized spacial score (nSPS) is 13.7. The Morgan fingerprint density at radius 2 is 2.00 bits per heavy atom. The lowest BCUT2D eigenvalue weighted by Gasteiger charge is -2.25. The fourth-order valence-corrected chi connectivity index (χ4v) is 3.60. The van der Waals surface area contributed by atoms with E-state index in [1.165, 1.54) is 11.8 Å². The maximum Gasteiger partial charge on any atom is 0.255 e. The molecule has 1 aromatic carbocycles. The minimum Gasteiger partial charge on any atom is -0.326 e. The first-order valence-corrected chi connectivity index (χ1v) is 10.0. The van der Waals surface area contributed by atoms with Crippen molar-refractivity contribution in [2.24, 2.45) is 0 Å². The first-order valence-electron chi connectivity index (χ1n) is 10.0. The van der Waals surface area contributed by atoms with E-state index in [9.17, 15) is 19.2 Å². The molecule has 2 aromatic rings. The van der Waals surface area contributed by atoms with Crippen LogP contribution < -0.4 is 5.32 Å². The summed E-state index contributed by atoms with van der Waals surface area (Å²) in [6.45, 7) is 3.51. The van der Waals surface area contributed by atoms with Crippen LogP contribution in [0.25, 0.3) is 0 Å². The highest BCUT2D eigenvalue weighted by molar-refractivity contribution is 6.02. The topological polar surface area (TPSA) is 96.4 Å². The highest BCUT2D eigenvalue weighted by atomic mass is 16.2. The molecule has 0 fully saturated rings. The lowest BCUT2D eigenvalue weighted by atomic mass is 10.0. The molecule has 0 radical (unpaired) electrons. The summed E-state index contributed by atoms with van der Waals surface area (Å²) in [5.74, 6) is -0.484. The van der Waals surface area contributed by atoms with E-state index >= 15 is 0 Å². The van der Waals surface area contributed by atoms with Crippen LogP contribution in [0.15, 0.2) is 42.6 Å². The quantitative estimate of drug-likeness (QED) is 0.689. The molecule has 0 saturated heterocycles. The van der Waals surface area contributed by atoms with Crippen molar-refractivity contribution < 1.29 is 19.2 Å². The fraction of sp³-hybridized carbons (Fsp3) is 0.348. The third kappa shape index (κ3) is 4.97. The monoisotopic (exact) mass is 407 g/mol. The van der Waals surface area contributed by atoms with Crippen molar-refractivity contribution >= 4 is 29.1 Å². The van der Waals surface area contributed by atoms with E-state index < -0.39 is 6.04 Å². The van der Waals surface area contributed by atoms with Gasteiger partial charge in [-0.3, -0.25) is 24.2 Å². The van der Waals surface area contributed by atoms with E-state index in [1.54, 1.807) is 43.5 Å². The van der Waals surface area contributed by atoms with Crippen molar-refractivity contribution in [2.45, 2.75) is 52.1 Å². The van der Waals surface area contributed by atoms with Crippen LogP contribution in [0, 0.1) is 0 Å². The standard InChI is InChI=1S/C23H25N3O4/c1-3-19(28)8-10-21(15(2)27)26-14-16-12-18(7-9-20(16)23(26)30)25-22(29)13-17-6-4-5-11-24-17/h4-7,9,11-12,21H,3,8,10,13-14H2,1-2H3,(H,25,29). The van der Waals surface area contributed by atoms with Crippen LogP contribution in [0.2, 0.25) is 0 Å². The van der Waals surface area contributed by atoms with Crippen LogP contribution in [-0.4, -0.2) is 39.3 Å². The number of carbonyl (C=O) groups excluding carboxylic acids is 4. The van der Waals surface area contributed by atoms with Crippen LogP contribution in [0.3, 0.4) is 0 Å². The number of hydrogen-bond acceptors (Lipinski definition) is 5. The van der Waals surface area contributed by atoms with Gasteiger partial charge in [-0.2, -0.15) is 0 Å². The molecule has 0 saturated carbocycles. The number of Topliss-reactive ketones (excluding diaryl/α,β-unsaturated/α-hetero) is 2. The SMILES string of the molecule is CCC(=O)CCC(C(C)=O)N1Cc2cc(NC(=O)Cc3ccccn3)ccc2C1=O. The molecule has 2 amide bonds. The summed E-state index contributed by atoms with van der Waals surface area (Å²) in [5, 5.41) is 2.83. The molecule has 1 atom stereocenters. The van der Waals surface area contributed by atoms with E-state index in [2.05, 4.69) is 10.3 Å². The molecule has 2 heterocycles. The zero-order chi connectivity index (χ0) is 21.7. The first kappa shape index (κ1) is 21.4. The molecule has 0 bridgehead atoms. The minimum absolute atomic E-state index is 0.0725. The molecule has 1 unspecified atom stereocenters. The lowest BCUT2D eigenvalue weighted by molar-refractivity contribution is -0.122. The Bertz CT molecular complexity index is 972. The molecule has 0 spiro atoms. The predicted molar refractivity (Wildman–Crippen MR) is 112 cm³/mol. The van der Waals surface area contributed by atoms with Crippen LogP contribution in [0.5, 0.6) is 0 Å². The number of amides is 2. The van der Waals surface area contributed by atoms with Gasteiger partial charge in [0.05, 0.1) is 12.5 Å². The summed E-state index contributed by atoms with van der Waals surface area (Å²) in [5.41, 5.74) is 2.53. The number of fused-ring (bicyclic) bond motifs is 1. The molecule has 0 aliphatic carbocycles. The van der Waals surface area contributed by atoms with Gasteiger partial charge < -0.3 is 10.2 Å². The molecular formula is C23H25N3O4. The number of anilines is 1. The Kier molecular flexibility index (Phi) is 6.72. The summed E-state index contributed by atoms with van der Waals surface area (Å²) in [4.78, 5) is 54.6. The largest absolute Gasteiger partial charge is 0.326 e. The molecular weight excluding hydrogens is 382 g/mol. The van der Waals surface area contributed by atoms with Crippen molar-refractivity contribution in [3.05, 3.63) is 59.4 Å². The number of ketones is 2. The second kappa shape index (κ2) is 9.43. The van der Waals surface area contributed by atoms with Crippen molar-refractivity contribution in [3.63, 3.8) is 0 Å². The smallest absolute Gasteiger partial charge is 0.255 e. The molecule has 7 nitrogen and oxygen atoms in total. The van der Waals surface area contributed by atoms with Gasteiger partial charge in [-0.1, -0.05) is 13.0 Å². The third-order valence-electron chi connectivity index (χ3n) is 5.23. The van der Waals surface area contributed by atoms with Crippen LogP contribution in [0.4, 0.5) is 5.69 Å². The maximum absolute atomic E-state index is 12.8. The molecule has 7 heteroatoms. The van der Waals surface area contributed by atoms with Gasteiger partial charge >= 0.3 is 0 Å². The van der Waals surface area contributed by atoms with Gasteiger partial charge in [-0.05, 0) is 49.2 Å². The lowest BCUT2D eigenvalue weighted by Crippen LogP contribution is -2.40. The third-order valence-corrected chi connectivity index (χ3v) is 5.23. The van der Waals surface area contributed by atoms with Crippen molar-refractivity contribution in [1.82, 2.24) is 9.88 Å². The average molecular weight is 407 g/mol. The number of aromatic nitrogens is 1. The second-order valence-corrected chi connectivity index (χ2v) is 7.41. The van der Waals surface area contributed by atoms with E-state index in [0.29, 0.717) is 29.8 Å². The van der Waals surface area contributed by atoms with Gasteiger partial charge in [0.15, 0.2) is 5.78 Å². The number of rotatable bonds is 9. The number of nitrogens with one attached hydrogen (secondary N) is 1. The van der Waals surface area contributed by atoms with Crippen LogP contribution >= 0.6 is 0 Å². The summed E-state index contributed by atoms with van der Waals surface area (Å²) in [7, 11) is 0. The van der Waals surface area contributed by atoms with Crippen LogP contribution in [0.1, 0.15) is 54.7 Å². The van der Waals surface area contributed by atoms with E-state index in [0.717, 1.165) is 5.56 Å². The van der Waals surface area contributed by atoms with Crippen molar-refractivity contribution in [1.29, 1.82) is 0 Å². The van der Waals surface area contributed by atoms with E-state index in [4.69, 9.17) is 0 Å². The first-order chi connectivity index (χ1) is 14.4. The van der Waals surface area contributed by atoms with Crippen molar-refractivity contribution in [2.75, 3.05) is 5.32 Å². The van der Waals surface area contributed by atoms with Crippen LogP contribution in [-0.2, 0) is 27.3 Å². The van der Waals surface area contributed by atoms with Gasteiger partial charge in [-0.25, -0.2) is 0 Å². The average Bonchev–Trinajstić information content (AvgIpc) is 3.04. The van der Waals surface area contributed by atoms with Gasteiger partial charge in [-0.15, -0.1) is 0 Å². The Labute approximate surface area is 175 Å². The number of nitrogens with zero attached hydrogens (tertiary/aromatic N) is 2. The molecule has 1 aromatic heterocycles. The van der Waals surface area contributed by atoms with Gasteiger partial charge in [0.25, 0.3) is 5.91 Å². The number of hydrogen-bond donors (Lipinski definition) is 1. The van der Waals surface area contributed by atoms with Gasteiger partial charge in [0.1, 0.15) is 5.78 Å². The summed E-state index contributed by atoms with van der Waals surface area (Å²) >= 11 is 0. The highest BCUT2D eigenvalue weighted by Gasteiger charge is 2.35. The Morgan fingerprint density at radius 1 is 1.20 bits per heavy atom. The Hall–Kier alpha value is -3.35. The summed E-state index contributed by atoms with van der Waals surface area (Å²) in [6.07, 6.45) is 2.81. The molecule has 1 aliphatic rings. The molecule has 156 valence electrons. The van der Waals surface area contributed by atoms with Gasteiger partial charge in [0.2, 0.25) is 5.91 Å². The number of benzene rings is 1. The molecule has 30 heavy (non-hydrogen) atoms. The van der Waals surface area contributed by atoms with E-state index in [-0.39, 0.29) is 42.8 Å².